The Morgan fingerprint density at radius 2 is 2.19 bits per heavy atom. The van der Waals surface area contributed by atoms with Gasteiger partial charge in [-0.25, -0.2) is 13.1 Å². The van der Waals surface area contributed by atoms with Crippen LogP contribution in [-0.4, -0.2) is 24.7 Å². The van der Waals surface area contributed by atoms with Gasteiger partial charge in [-0.15, -0.1) is 0 Å². The first-order chi connectivity index (χ1) is 10.0. The topological polar surface area (TPSA) is 90.0 Å². The number of hydrogen-bond acceptors (Lipinski definition) is 4. The van der Waals surface area contributed by atoms with Crippen molar-refractivity contribution in [3.05, 3.63) is 47.8 Å². The molecule has 114 valence electrons. The molecule has 1 aromatic heterocycles. The minimum absolute atomic E-state index is 0.296. The molecule has 0 aliphatic carbocycles. The molecule has 0 spiro atoms. The van der Waals surface area contributed by atoms with Crippen molar-refractivity contribution >= 4 is 10.0 Å². The minimum Gasteiger partial charge on any atom is -0.326 e. The molecule has 21 heavy (non-hydrogen) atoms. The van der Waals surface area contributed by atoms with Gasteiger partial charge in [0.2, 0.25) is 10.0 Å². The number of rotatable bonds is 7. The summed E-state index contributed by atoms with van der Waals surface area (Å²) >= 11 is 0. The van der Waals surface area contributed by atoms with Crippen molar-refractivity contribution in [2.24, 2.45) is 5.73 Å². The predicted octanol–water partition coefficient (Wildman–Crippen LogP) is 1.02. The molecule has 1 heterocycles. The van der Waals surface area contributed by atoms with Crippen molar-refractivity contribution < 1.29 is 8.42 Å². The maximum atomic E-state index is 12.3. The van der Waals surface area contributed by atoms with Crippen molar-refractivity contribution in [3.63, 3.8) is 0 Å². The van der Waals surface area contributed by atoms with Crippen LogP contribution in [0, 0.1) is 6.92 Å². The molecule has 0 amide bonds. The van der Waals surface area contributed by atoms with Crippen LogP contribution in [0.4, 0.5) is 0 Å². The first-order valence-electron chi connectivity index (χ1n) is 6.79. The van der Waals surface area contributed by atoms with Crippen molar-refractivity contribution in [3.8, 4) is 0 Å². The fourth-order valence-electron chi connectivity index (χ4n) is 2.02. The lowest BCUT2D eigenvalue weighted by Crippen LogP contribution is -2.26. The molecular formula is C14H20N4O2S. The number of sulfonamides is 1. The second-order valence-corrected chi connectivity index (χ2v) is 6.56. The molecule has 7 heteroatoms. The van der Waals surface area contributed by atoms with Gasteiger partial charge in [0, 0.05) is 32.0 Å². The normalized spacial score (nSPS) is 11.7. The summed E-state index contributed by atoms with van der Waals surface area (Å²) in [6, 6.07) is 7.09. The lowest BCUT2D eigenvalue weighted by molar-refractivity contribution is 0.552. The molecule has 0 saturated carbocycles. The highest BCUT2D eigenvalue weighted by Crippen LogP contribution is 2.16. The van der Waals surface area contributed by atoms with Crippen molar-refractivity contribution in [2.75, 3.05) is 6.54 Å². The Morgan fingerprint density at radius 1 is 1.38 bits per heavy atom. The maximum Gasteiger partial charge on any atom is 0.240 e. The molecule has 3 N–H and O–H groups in total. The molecule has 2 aromatic rings. The van der Waals surface area contributed by atoms with E-state index in [1.165, 1.54) is 0 Å². The van der Waals surface area contributed by atoms with Gasteiger partial charge in [-0.1, -0.05) is 12.1 Å². The number of nitrogens with one attached hydrogen (secondary N) is 1. The zero-order valence-electron chi connectivity index (χ0n) is 12.0. The second kappa shape index (κ2) is 6.84. The van der Waals surface area contributed by atoms with Crippen LogP contribution in [0.15, 0.2) is 41.6 Å². The third-order valence-electron chi connectivity index (χ3n) is 3.19. The Balaban J connectivity index is 1.98. The van der Waals surface area contributed by atoms with Gasteiger partial charge in [-0.05, 0) is 36.6 Å². The van der Waals surface area contributed by atoms with E-state index >= 15 is 0 Å². The van der Waals surface area contributed by atoms with Gasteiger partial charge in [0.25, 0.3) is 0 Å². The molecule has 1 aromatic carbocycles. The zero-order valence-corrected chi connectivity index (χ0v) is 12.8. The van der Waals surface area contributed by atoms with Crippen LogP contribution in [0.1, 0.15) is 17.5 Å². The van der Waals surface area contributed by atoms with Crippen LogP contribution >= 0.6 is 0 Å². The van der Waals surface area contributed by atoms with Crippen molar-refractivity contribution in [1.82, 2.24) is 14.5 Å². The monoisotopic (exact) mass is 308 g/mol. The SMILES string of the molecule is Cc1ccc(CN)cc1S(=O)(=O)NCCCn1cccn1. The molecule has 0 unspecified atom stereocenters. The Kier molecular flexibility index (Phi) is 5.11. The molecule has 0 radical (unpaired) electrons. The van der Waals surface area contributed by atoms with E-state index < -0.39 is 10.0 Å². The van der Waals surface area contributed by atoms with E-state index in [0.717, 1.165) is 5.56 Å². The van der Waals surface area contributed by atoms with Gasteiger partial charge in [0.1, 0.15) is 0 Å². The lowest BCUT2D eigenvalue weighted by atomic mass is 10.1. The fourth-order valence-corrected chi connectivity index (χ4v) is 3.39. The minimum atomic E-state index is -3.50. The lowest BCUT2D eigenvalue weighted by Gasteiger charge is -2.10. The molecule has 0 atom stereocenters. The van der Waals surface area contributed by atoms with Crippen LogP contribution in [0.2, 0.25) is 0 Å². The number of benzene rings is 1. The van der Waals surface area contributed by atoms with E-state index in [-0.39, 0.29) is 0 Å². The summed E-state index contributed by atoms with van der Waals surface area (Å²) in [4.78, 5) is 0.296. The molecule has 0 saturated heterocycles. The first kappa shape index (κ1) is 15.7. The van der Waals surface area contributed by atoms with E-state index in [1.54, 1.807) is 29.9 Å². The van der Waals surface area contributed by atoms with Crippen LogP contribution < -0.4 is 10.5 Å². The van der Waals surface area contributed by atoms with Crippen LogP contribution in [0.25, 0.3) is 0 Å². The third-order valence-corrected chi connectivity index (χ3v) is 4.80. The molecule has 6 nitrogen and oxygen atoms in total. The first-order valence-corrected chi connectivity index (χ1v) is 8.28. The van der Waals surface area contributed by atoms with Crippen LogP contribution in [-0.2, 0) is 23.1 Å². The van der Waals surface area contributed by atoms with Gasteiger partial charge < -0.3 is 5.73 Å². The summed E-state index contributed by atoms with van der Waals surface area (Å²) in [7, 11) is -3.50. The van der Waals surface area contributed by atoms with E-state index in [2.05, 4.69) is 9.82 Å². The summed E-state index contributed by atoms with van der Waals surface area (Å²) in [6.45, 7) is 3.15. The largest absolute Gasteiger partial charge is 0.326 e. The highest BCUT2D eigenvalue weighted by atomic mass is 32.2. The number of nitrogens with zero attached hydrogens (tertiary/aromatic N) is 2. The Morgan fingerprint density at radius 3 is 2.86 bits per heavy atom. The summed E-state index contributed by atoms with van der Waals surface area (Å²) in [5.74, 6) is 0. The van der Waals surface area contributed by atoms with E-state index in [0.29, 0.717) is 36.5 Å². The average Bonchev–Trinajstić information content (AvgIpc) is 2.97. The zero-order chi connectivity index (χ0) is 15.3. The Bertz CT molecular complexity index is 681. The third kappa shape index (κ3) is 4.13. The average molecular weight is 308 g/mol. The van der Waals surface area contributed by atoms with Gasteiger partial charge in [0.05, 0.1) is 4.90 Å². The smallest absolute Gasteiger partial charge is 0.240 e. The molecule has 0 bridgehead atoms. The van der Waals surface area contributed by atoms with Crippen molar-refractivity contribution in [2.45, 2.75) is 31.3 Å². The van der Waals surface area contributed by atoms with Crippen molar-refractivity contribution in [1.29, 1.82) is 0 Å². The molecule has 0 aliphatic rings. The van der Waals surface area contributed by atoms with Gasteiger partial charge in [-0.2, -0.15) is 5.10 Å². The van der Waals surface area contributed by atoms with Gasteiger partial charge in [-0.3, -0.25) is 4.68 Å². The summed E-state index contributed by atoms with van der Waals surface area (Å²) in [5.41, 5.74) is 7.08. The van der Waals surface area contributed by atoms with E-state index in [4.69, 9.17) is 5.73 Å². The van der Waals surface area contributed by atoms with E-state index in [9.17, 15) is 8.42 Å². The Labute approximate surface area is 125 Å². The van der Waals surface area contributed by atoms with E-state index in [1.807, 2.05) is 18.3 Å². The highest BCUT2D eigenvalue weighted by molar-refractivity contribution is 7.89. The van der Waals surface area contributed by atoms with Crippen LogP contribution in [0.3, 0.4) is 0 Å². The molecular weight excluding hydrogens is 288 g/mol. The van der Waals surface area contributed by atoms with Gasteiger partial charge in [0.15, 0.2) is 0 Å². The van der Waals surface area contributed by atoms with Crippen LogP contribution in [0.5, 0.6) is 0 Å². The Hall–Kier alpha value is -1.70. The standard InChI is InChI=1S/C14H20N4O2S/c1-12-4-5-13(11-15)10-14(12)21(19,20)17-7-3-9-18-8-2-6-16-18/h2,4-6,8,10,17H,3,7,9,11,15H2,1H3. The fraction of sp³-hybridized carbons (Fsp3) is 0.357. The summed E-state index contributed by atoms with van der Waals surface area (Å²) in [5, 5.41) is 4.07. The molecule has 0 fully saturated rings. The number of aryl methyl sites for hydroxylation is 2. The number of aromatic nitrogens is 2. The highest BCUT2D eigenvalue weighted by Gasteiger charge is 2.16. The summed E-state index contributed by atoms with van der Waals surface area (Å²) < 4.78 is 29.0. The number of hydrogen-bond donors (Lipinski definition) is 2. The maximum absolute atomic E-state index is 12.3. The molecule has 2 rings (SSSR count). The quantitative estimate of drug-likeness (QED) is 0.747. The van der Waals surface area contributed by atoms with Gasteiger partial charge >= 0.3 is 0 Å². The molecule has 0 aliphatic heterocycles. The second-order valence-electron chi connectivity index (χ2n) is 4.82. The predicted molar refractivity (Wildman–Crippen MR) is 81.1 cm³/mol. The number of nitrogens with two attached hydrogens (primary N) is 1. The summed E-state index contributed by atoms with van der Waals surface area (Å²) in [6.07, 6.45) is 4.23.